The van der Waals surface area contributed by atoms with Crippen LogP contribution in [0.15, 0.2) is 48.4 Å². The minimum Gasteiger partial charge on any atom is -0.467 e. The lowest BCUT2D eigenvalue weighted by molar-refractivity contribution is 0.518. The van der Waals surface area contributed by atoms with Crippen LogP contribution in [0.25, 0.3) is 0 Å². The average molecular weight is 410 g/mol. The molecule has 0 atom stereocenters. The summed E-state index contributed by atoms with van der Waals surface area (Å²) in [5.74, 6) is 0.904. The van der Waals surface area contributed by atoms with Gasteiger partial charge in [-0.05, 0) is 56.1 Å². The molecule has 0 amide bonds. The molecule has 0 aliphatic heterocycles. The average Bonchev–Trinajstić information content (AvgIpc) is 2.68. The van der Waals surface area contributed by atoms with Crippen LogP contribution < -0.4 is 5.32 Å². The second-order valence-electron chi connectivity index (χ2n) is 3.18. The normalized spacial score (nSPS) is 10.4. The van der Waals surface area contributed by atoms with Crippen molar-refractivity contribution in [3.8, 4) is 0 Å². The predicted molar refractivity (Wildman–Crippen MR) is 75.6 cm³/mol. The lowest BCUT2D eigenvalue weighted by Gasteiger charge is -2.10. The fraction of sp³-hybridized carbons (Fsp3) is 0.0909. The van der Waals surface area contributed by atoms with Crippen LogP contribution in [-0.2, 0) is 6.54 Å². The molecule has 0 unspecified atom stereocenters. The number of benzene rings is 1. The van der Waals surface area contributed by atoms with Crippen LogP contribution in [-0.4, -0.2) is 0 Å². The van der Waals surface area contributed by atoms with Crippen molar-refractivity contribution >= 4 is 53.5 Å². The van der Waals surface area contributed by atoms with E-state index < -0.39 is 0 Å². The van der Waals surface area contributed by atoms with Gasteiger partial charge in [-0.25, -0.2) is 0 Å². The Morgan fingerprint density at radius 3 is 2.38 bits per heavy atom. The molecule has 2 nitrogen and oxygen atoms in total. The highest BCUT2D eigenvalue weighted by molar-refractivity contribution is 9.11. The van der Waals surface area contributed by atoms with Crippen molar-refractivity contribution in [3.05, 3.63) is 49.7 Å². The minimum absolute atomic E-state index is 0.659. The molecule has 1 aromatic heterocycles. The number of rotatable bonds is 3. The van der Waals surface area contributed by atoms with Crippen molar-refractivity contribution in [3.63, 3.8) is 0 Å². The highest BCUT2D eigenvalue weighted by Crippen LogP contribution is 2.34. The van der Waals surface area contributed by atoms with Crippen LogP contribution in [0.3, 0.4) is 0 Å². The first-order valence-corrected chi connectivity index (χ1v) is 6.95. The zero-order valence-corrected chi connectivity index (χ0v) is 12.9. The number of anilines is 1. The van der Waals surface area contributed by atoms with Crippen LogP contribution in [0.1, 0.15) is 5.76 Å². The molecule has 1 N–H and O–H groups in total. The molecule has 0 bridgehead atoms. The summed E-state index contributed by atoms with van der Waals surface area (Å²) in [4.78, 5) is 0. The third-order valence-electron chi connectivity index (χ3n) is 2.03. The van der Waals surface area contributed by atoms with Gasteiger partial charge in [-0.1, -0.05) is 15.9 Å². The van der Waals surface area contributed by atoms with Gasteiger partial charge in [-0.3, -0.25) is 0 Å². The Morgan fingerprint density at radius 1 is 1.12 bits per heavy atom. The molecule has 0 aliphatic rings. The van der Waals surface area contributed by atoms with E-state index in [1.807, 2.05) is 24.3 Å². The molecule has 2 rings (SSSR count). The lowest BCUT2D eigenvalue weighted by Crippen LogP contribution is -1.99. The summed E-state index contributed by atoms with van der Waals surface area (Å²) >= 11 is 10.4. The molecule has 0 radical (unpaired) electrons. The quantitative estimate of drug-likeness (QED) is 0.755. The van der Waals surface area contributed by atoms with Gasteiger partial charge in [0.1, 0.15) is 5.76 Å². The van der Waals surface area contributed by atoms with E-state index in [9.17, 15) is 0 Å². The standard InChI is InChI=1S/C11H8Br3NO/c12-7-4-9(13)11(10(14)5-7)15-6-8-2-1-3-16-8/h1-5,15H,6H2. The van der Waals surface area contributed by atoms with Crippen molar-refractivity contribution in [1.82, 2.24) is 0 Å². The first-order chi connectivity index (χ1) is 7.66. The Kier molecular flexibility index (Phi) is 4.10. The third-order valence-corrected chi connectivity index (χ3v) is 3.74. The van der Waals surface area contributed by atoms with Crippen LogP contribution in [0.4, 0.5) is 5.69 Å². The fourth-order valence-electron chi connectivity index (χ4n) is 1.30. The van der Waals surface area contributed by atoms with Crippen molar-refractivity contribution in [2.75, 3.05) is 5.32 Å². The first kappa shape index (κ1) is 12.2. The second kappa shape index (κ2) is 5.38. The summed E-state index contributed by atoms with van der Waals surface area (Å²) in [6.07, 6.45) is 1.67. The SMILES string of the molecule is Brc1cc(Br)c(NCc2ccco2)c(Br)c1. The smallest absolute Gasteiger partial charge is 0.122 e. The molecule has 1 heterocycles. The van der Waals surface area contributed by atoms with Gasteiger partial charge in [0, 0.05) is 13.4 Å². The van der Waals surface area contributed by atoms with E-state index in [-0.39, 0.29) is 0 Å². The topological polar surface area (TPSA) is 25.2 Å². The van der Waals surface area contributed by atoms with Crippen LogP contribution in [0.2, 0.25) is 0 Å². The third kappa shape index (κ3) is 2.90. The van der Waals surface area contributed by atoms with Crippen molar-refractivity contribution in [2.45, 2.75) is 6.54 Å². The van der Waals surface area contributed by atoms with E-state index in [4.69, 9.17) is 4.42 Å². The molecule has 2 aromatic rings. The summed E-state index contributed by atoms with van der Waals surface area (Å²) in [5, 5.41) is 3.30. The Labute approximate surface area is 119 Å². The van der Waals surface area contributed by atoms with Crippen LogP contribution in [0, 0.1) is 0 Å². The van der Waals surface area contributed by atoms with Gasteiger partial charge in [-0.15, -0.1) is 0 Å². The minimum atomic E-state index is 0.659. The van der Waals surface area contributed by atoms with E-state index in [1.54, 1.807) is 6.26 Å². The molecule has 0 spiro atoms. The molecule has 0 aliphatic carbocycles. The Balaban J connectivity index is 2.15. The maximum Gasteiger partial charge on any atom is 0.122 e. The number of furan rings is 1. The molecular weight excluding hydrogens is 402 g/mol. The highest BCUT2D eigenvalue weighted by Gasteiger charge is 2.06. The van der Waals surface area contributed by atoms with Gasteiger partial charge in [0.05, 0.1) is 18.5 Å². The van der Waals surface area contributed by atoms with E-state index in [0.29, 0.717) is 6.54 Å². The van der Waals surface area contributed by atoms with E-state index in [1.165, 1.54) is 0 Å². The van der Waals surface area contributed by atoms with Crippen LogP contribution in [0.5, 0.6) is 0 Å². The molecule has 16 heavy (non-hydrogen) atoms. The molecule has 84 valence electrons. The zero-order chi connectivity index (χ0) is 11.5. The maximum atomic E-state index is 5.26. The van der Waals surface area contributed by atoms with Gasteiger partial charge in [-0.2, -0.15) is 0 Å². The van der Waals surface area contributed by atoms with E-state index >= 15 is 0 Å². The number of hydrogen-bond acceptors (Lipinski definition) is 2. The molecule has 1 aromatic carbocycles. The molecule has 5 heteroatoms. The number of nitrogens with one attached hydrogen (secondary N) is 1. The Hall–Kier alpha value is -0.260. The fourth-order valence-corrected chi connectivity index (χ4v) is 3.84. The summed E-state index contributed by atoms with van der Waals surface area (Å²) in [7, 11) is 0. The lowest BCUT2D eigenvalue weighted by atomic mass is 10.3. The summed E-state index contributed by atoms with van der Waals surface area (Å²) in [6.45, 7) is 0.659. The monoisotopic (exact) mass is 407 g/mol. The highest BCUT2D eigenvalue weighted by atomic mass is 79.9. The molecule has 0 saturated heterocycles. The maximum absolute atomic E-state index is 5.26. The summed E-state index contributed by atoms with van der Waals surface area (Å²) in [6, 6.07) is 7.81. The first-order valence-electron chi connectivity index (χ1n) is 4.57. The van der Waals surface area contributed by atoms with Crippen LogP contribution >= 0.6 is 47.8 Å². The summed E-state index contributed by atoms with van der Waals surface area (Å²) in [5.41, 5.74) is 1.01. The molecular formula is C11H8Br3NO. The number of halogens is 3. The number of hydrogen-bond donors (Lipinski definition) is 1. The predicted octanol–water partition coefficient (Wildman–Crippen LogP) is 5.18. The second-order valence-corrected chi connectivity index (χ2v) is 5.80. The molecule has 0 fully saturated rings. The van der Waals surface area contributed by atoms with Gasteiger partial charge < -0.3 is 9.73 Å². The van der Waals surface area contributed by atoms with Gasteiger partial charge in [0.15, 0.2) is 0 Å². The largest absolute Gasteiger partial charge is 0.467 e. The zero-order valence-electron chi connectivity index (χ0n) is 8.14. The van der Waals surface area contributed by atoms with Crippen molar-refractivity contribution in [1.29, 1.82) is 0 Å². The molecule has 0 saturated carbocycles. The van der Waals surface area contributed by atoms with E-state index in [2.05, 4.69) is 53.1 Å². The van der Waals surface area contributed by atoms with Crippen molar-refractivity contribution < 1.29 is 4.42 Å². The van der Waals surface area contributed by atoms with E-state index in [0.717, 1.165) is 24.9 Å². The Bertz CT molecular complexity index is 459. The van der Waals surface area contributed by atoms with Crippen molar-refractivity contribution in [2.24, 2.45) is 0 Å². The Morgan fingerprint density at radius 2 is 1.81 bits per heavy atom. The van der Waals surface area contributed by atoms with Gasteiger partial charge >= 0.3 is 0 Å². The van der Waals surface area contributed by atoms with Gasteiger partial charge in [0.2, 0.25) is 0 Å². The van der Waals surface area contributed by atoms with Gasteiger partial charge in [0.25, 0.3) is 0 Å². The summed E-state index contributed by atoms with van der Waals surface area (Å²) < 4.78 is 8.28.